The van der Waals surface area contributed by atoms with E-state index >= 15 is 0 Å². The highest BCUT2D eigenvalue weighted by Gasteiger charge is 2.47. The highest BCUT2D eigenvalue weighted by molar-refractivity contribution is 7.88. The molecule has 3 heterocycles. The van der Waals surface area contributed by atoms with Gasteiger partial charge in [-0.05, 0) is 50.5 Å². The number of rotatable bonds is 5. The molecule has 38 heavy (non-hydrogen) atoms. The number of aromatic nitrogens is 1. The van der Waals surface area contributed by atoms with Crippen LogP contribution in [0.2, 0.25) is 0 Å². The van der Waals surface area contributed by atoms with Crippen molar-refractivity contribution in [2.45, 2.75) is 37.7 Å². The zero-order valence-corrected chi connectivity index (χ0v) is 23.0. The van der Waals surface area contributed by atoms with Gasteiger partial charge < -0.3 is 19.5 Å². The van der Waals surface area contributed by atoms with Crippen LogP contribution >= 0.6 is 0 Å². The predicted octanol–water partition coefficient (Wildman–Crippen LogP) is 3.73. The Hall–Kier alpha value is -2.72. The fraction of sp³-hybridized carbons (Fsp3) is 0.448. The second-order valence-electron chi connectivity index (χ2n) is 10.8. The Balaban J connectivity index is 1.50. The van der Waals surface area contributed by atoms with Crippen LogP contribution in [0.3, 0.4) is 0 Å². The fourth-order valence-corrected chi connectivity index (χ4v) is 6.77. The average Bonchev–Trinajstić information content (AvgIpc) is 2.92. The molecule has 2 aliphatic rings. The molecule has 1 atom stereocenters. The third-order valence-corrected chi connectivity index (χ3v) is 9.44. The standard InChI is InChI=1S/C29H35FN4O3S/c1-28(2,36)29(21-7-5-4-6-8-21)11-13-32(14-12-29)26-23-19-22(30)9-10-25(23)31-20-24(26)27(35)33-15-17-34(18-16-33)38(3)37/h4-10,19-20,36H,11-18H2,1-3H3. The van der Waals surface area contributed by atoms with Gasteiger partial charge in [0.15, 0.2) is 0 Å². The number of pyridine rings is 1. The van der Waals surface area contributed by atoms with Crippen LogP contribution in [0.15, 0.2) is 54.7 Å². The maximum absolute atomic E-state index is 14.5. The van der Waals surface area contributed by atoms with Gasteiger partial charge >= 0.3 is 0 Å². The summed E-state index contributed by atoms with van der Waals surface area (Å²) in [5, 5.41) is 11.9. The molecule has 202 valence electrons. The summed E-state index contributed by atoms with van der Waals surface area (Å²) in [6, 6.07) is 14.6. The minimum Gasteiger partial charge on any atom is -0.598 e. The molecule has 1 N–H and O–H groups in total. The molecule has 0 radical (unpaired) electrons. The molecule has 2 aromatic carbocycles. The van der Waals surface area contributed by atoms with Crippen molar-refractivity contribution >= 4 is 33.9 Å². The Morgan fingerprint density at radius 2 is 1.71 bits per heavy atom. The molecule has 9 heteroatoms. The molecule has 3 aromatic rings. The number of hydrogen-bond acceptors (Lipinski definition) is 6. The first-order valence-electron chi connectivity index (χ1n) is 13.1. The van der Waals surface area contributed by atoms with E-state index in [0.29, 0.717) is 74.3 Å². The summed E-state index contributed by atoms with van der Waals surface area (Å²) in [5.74, 6) is -0.529. The molecule has 1 amide bonds. The number of benzene rings is 2. The van der Waals surface area contributed by atoms with E-state index in [2.05, 4.69) is 22.0 Å². The zero-order valence-electron chi connectivity index (χ0n) is 22.2. The Labute approximate surface area is 226 Å². The molecule has 1 aromatic heterocycles. The number of piperidine rings is 1. The lowest BCUT2D eigenvalue weighted by Gasteiger charge is -2.50. The van der Waals surface area contributed by atoms with Crippen LogP contribution in [0, 0.1) is 5.82 Å². The third kappa shape index (κ3) is 4.88. The molecular weight excluding hydrogens is 503 g/mol. The van der Waals surface area contributed by atoms with Gasteiger partial charge in [-0.15, -0.1) is 4.31 Å². The Bertz CT molecular complexity index is 1300. The summed E-state index contributed by atoms with van der Waals surface area (Å²) < 4.78 is 28.2. The maximum Gasteiger partial charge on any atom is 0.257 e. The van der Waals surface area contributed by atoms with Crippen LogP contribution in [0.5, 0.6) is 0 Å². The molecule has 0 aliphatic carbocycles. The van der Waals surface area contributed by atoms with Gasteiger partial charge in [-0.25, -0.2) is 4.39 Å². The van der Waals surface area contributed by atoms with E-state index in [9.17, 15) is 18.8 Å². The van der Waals surface area contributed by atoms with Gasteiger partial charge in [0.2, 0.25) is 0 Å². The molecular formula is C29H35FN4O3S. The number of nitrogens with zero attached hydrogens (tertiary/aromatic N) is 4. The Morgan fingerprint density at radius 3 is 2.32 bits per heavy atom. The summed E-state index contributed by atoms with van der Waals surface area (Å²) in [6.07, 6.45) is 4.61. The molecule has 0 spiro atoms. The normalized spacial score (nSPS) is 19.5. The van der Waals surface area contributed by atoms with Crippen molar-refractivity contribution in [3.63, 3.8) is 0 Å². The van der Waals surface area contributed by atoms with Crippen molar-refractivity contribution in [3.8, 4) is 0 Å². The molecule has 1 unspecified atom stereocenters. The minimum absolute atomic E-state index is 0.150. The quantitative estimate of drug-likeness (QED) is 0.499. The topological polar surface area (TPSA) is 83.0 Å². The SMILES string of the molecule is C[S+]([O-])N1CCN(C(=O)c2cnc3ccc(F)cc3c2N2CCC(c3ccccc3)(C(C)(C)O)CC2)CC1. The number of halogens is 1. The molecule has 0 saturated carbocycles. The van der Waals surface area contributed by atoms with Crippen molar-refractivity contribution < 1.29 is 18.8 Å². The van der Waals surface area contributed by atoms with Gasteiger partial charge in [-0.1, -0.05) is 30.3 Å². The summed E-state index contributed by atoms with van der Waals surface area (Å²) in [7, 11) is 0. The van der Waals surface area contributed by atoms with Gasteiger partial charge in [0.05, 0.1) is 35.5 Å². The average molecular weight is 539 g/mol. The monoisotopic (exact) mass is 538 g/mol. The van der Waals surface area contributed by atoms with Crippen molar-refractivity contribution in [3.05, 3.63) is 71.7 Å². The highest BCUT2D eigenvalue weighted by atomic mass is 32.2. The molecule has 2 fully saturated rings. The number of amides is 1. The smallest absolute Gasteiger partial charge is 0.257 e. The van der Waals surface area contributed by atoms with E-state index in [1.165, 1.54) is 12.1 Å². The first-order valence-corrected chi connectivity index (χ1v) is 14.6. The van der Waals surface area contributed by atoms with Gasteiger partial charge in [0.1, 0.15) is 12.1 Å². The first-order chi connectivity index (χ1) is 18.1. The number of anilines is 1. The van der Waals surface area contributed by atoms with Gasteiger partial charge in [-0.3, -0.25) is 9.78 Å². The van der Waals surface area contributed by atoms with Crippen LogP contribution in [0.1, 0.15) is 42.6 Å². The van der Waals surface area contributed by atoms with Gasteiger partial charge in [-0.2, -0.15) is 0 Å². The van der Waals surface area contributed by atoms with Crippen LogP contribution in [0.25, 0.3) is 10.9 Å². The molecule has 0 bridgehead atoms. The lowest BCUT2D eigenvalue weighted by Crippen LogP contribution is -2.54. The lowest BCUT2D eigenvalue weighted by molar-refractivity contribution is -0.0201. The molecule has 7 nitrogen and oxygen atoms in total. The summed E-state index contributed by atoms with van der Waals surface area (Å²) in [4.78, 5) is 22.2. The number of fused-ring (bicyclic) bond motifs is 1. The maximum atomic E-state index is 14.5. The first kappa shape index (κ1) is 26.9. The fourth-order valence-electron chi connectivity index (χ4n) is 6.09. The van der Waals surface area contributed by atoms with Crippen molar-refractivity contribution in [2.75, 3.05) is 50.4 Å². The third-order valence-electron chi connectivity index (χ3n) is 8.35. The predicted molar refractivity (Wildman–Crippen MR) is 149 cm³/mol. The number of aliphatic hydroxyl groups is 1. The number of hydrogen-bond donors (Lipinski definition) is 1. The summed E-state index contributed by atoms with van der Waals surface area (Å²) in [5.41, 5.74) is 1.47. The number of carbonyl (C=O) groups is 1. The van der Waals surface area contributed by atoms with Crippen LogP contribution < -0.4 is 4.90 Å². The lowest BCUT2D eigenvalue weighted by atomic mass is 9.63. The number of piperazine rings is 1. The summed E-state index contributed by atoms with van der Waals surface area (Å²) in [6.45, 7) is 6.93. The second-order valence-corrected chi connectivity index (χ2v) is 12.2. The van der Waals surface area contributed by atoms with Crippen molar-refractivity contribution in [1.82, 2.24) is 14.2 Å². The van der Waals surface area contributed by atoms with Crippen LogP contribution in [0.4, 0.5) is 10.1 Å². The molecule has 5 rings (SSSR count). The second kappa shape index (κ2) is 10.4. The van der Waals surface area contributed by atoms with E-state index < -0.39 is 22.4 Å². The van der Waals surface area contributed by atoms with Crippen LogP contribution in [-0.4, -0.2) is 80.9 Å². The Kier molecular flexibility index (Phi) is 7.39. The Morgan fingerprint density at radius 1 is 1.05 bits per heavy atom. The largest absolute Gasteiger partial charge is 0.598 e. The highest BCUT2D eigenvalue weighted by Crippen LogP contribution is 2.46. The zero-order chi connectivity index (χ0) is 27.1. The van der Waals surface area contributed by atoms with Crippen molar-refractivity contribution in [1.29, 1.82) is 0 Å². The minimum atomic E-state index is -1.07. The summed E-state index contributed by atoms with van der Waals surface area (Å²) >= 11 is -1.07. The molecule has 2 aliphatic heterocycles. The van der Waals surface area contributed by atoms with E-state index in [4.69, 9.17) is 0 Å². The van der Waals surface area contributed by atoms with E-state index in [-0.39, 0.29) is 11.7 Å². The van der Waals surface area contributed by atoms with Gasteiger partial charge in [0, 0.05) is 54.5 Å². The van der Waals surface area contributed by atoms with Crippen LogP contribution in [-0.2, 0) is 16.8 Å². The number of carbonyl (C=O) groups excluding carboxylic acids is 1. The molecule has 2 saturated heterocycles. The van der Waals surface area contributed by atoms with E-state index in [1.54, 1.807) is 23.4 Å². The van der Waals surface area contributed by atoms with Crippen molar-refractivity contribution in [2.24, 2.45) is 0 Å². The van der Waals surface area contributed by atoms with E-state index in [1.807, 2.05) is 36.4 Å². The van der Waals surface area contributed by atoms with Gasteiger partial charge in [0.25, 0.3) is 5.91 Å². The van der Waals surface area contributed by atoms with E-state index in [0.717, 1.165) is 5.56 Å².